The topological polar surface area (TPSA) is 58.4 Å². The summed E-state index contributed by atoms with van der Waals surface area (Å²) in [5.74, 6) is 1.41. The van der Waals surface area contributed by atoms with Gasteiger partial charge in [0.2, 0.25) is 0 Å². The van der Waals surface area contributed by atoms with Crippen LogP contribution in [0, 0.1) is 6.92 Å². The summed E-state index contributed by atoms with van der Waals surface area (Å²) in [6.07, 6.45) is 5.31. The number of hydrogen-bond acceptors (Lipinski definition) is 5. The van der Waals surface area contributed by atoms with E-state index in [1.807, 2.05) is 6.92 Å². The number of aromatic nitrogens is 4. The number of halogens is 1. The highest BCUT2D eigenvalue weighted by Gasteiger charge is 2.20. The van der Waals surface area contributed by atoms with Crippen LogP contribution in [0.2, 0.25) is 5.15 Å². The van der Waals surface area contributed by atoms with E-state index in [1.165, 1.54) is 32.1 Å². The van der Waals surface area contributed by atoms with Crippen molar-refractivity contribution in [3.05, 3.63) is 17.0 Å². The molecular weight excluding hydrogens is 276 g/mol. The summed E-state index contributed by atoms with van der Waals surface area (Å²) in [7, 11) is 2.18. The van der Waals surface area contributed by atoms with E-state index in [0.717, 1.165) is 17.9 Å². The SMILES string of the molecule is Cc1c(Cl)nc2ncnn2c1NCC1CCCCN1C. The summed E-state index contributed by atoms with van der Waals surface area (Å²) in [5.41, 5.74) is 0.906. The Kier molecular flexibility index (Phi) is 3.76. The molecule has 1 fully saturated rings. The van der Waals surface area contributed by atoms with Crippen molar-refractivity contribution in [2.24, 2.45) is 0 Å². The fourth-order valence-corrected chi connectivity index (χ4v) is 2.89. The second kappa shape index (κ2) is 5.54. The average molecular weight is 295 g/mol. The van der Waals surface area contributed by atoms with Gasteiger partial charge in [-0.2, -0.15) is 19.6 Å². The number of anilines is 1. The molecule has 0 saturated carbocycles. The molecule has 6 nitrogen and oxygen atoms in total. The molecule has 3 heterocycles. The largest absolute Gasteiger partial charge is 0.368 e. The van der Waals surface area contributed by atoms with Gasteiger partial charge in [0.25, 0.3) is 5.78 Å². The van der Waals surface area contributed by atoms with Crippen LogP contribution in [0.5, 0.6) is 0 Å². The molecule has 0 aliphatic carbocycles. The van der Waals surface area contributed by atoms with E-state index < -0.39 is 0 Å². The van der Waals surface area contributed by atoms with Crippen molar-refractivity contribution in [1.82, 2.24) is 24.5 Å². The zero-order chi connectivity index (χ0) is 14.1. The number of piperidine rings is 1. The number of hydrogen-bond donors (Lipinski definition) is 1. The maximum Gasteiger partial charge on any atom is 0.255 e. The normalized spacial score (nSPS) is 20.4. The molecule has 0 spiro atoms. The summed E-state index contributed by atoms with van der Waals surface area (Å²) in [6.45, 7) is 4.00. The number of nitrogens with zero attached hydrogens (tertiary/aromatic N) is 5. The molecule has 1 N–H and O–H groups in total. The number of likely N-dealkylation sites (tertiary alicyclic amines) is 1. The monoisotopic (exact) mass is 294 g/mol. The van der Waals surface area contributed by atoms with E-state index in [-0.39, 0.29) is 0 Å². The van der Waals surface area contributed by atoms with Gasteiger partial charge in [-0.3, -0.25) is 0 Å². The molecule has 1 unspecified atom stereocenters. The molecule has 1 aliphatic heterocycles. The zero-order valence-electron chi connectivity index (χ0n) is 11.8. The van der Waals surface area contributed by atoms with E-state index in [9.17, 15) is 0 Å². The van der Waals surface area contributed by atoms with E-state index in [2.05, 4.69) is 32.3 Å². The van der Waals surface area contributed by atoms with Gasteiger partial charge in [-0.25, -0.2) is 0 Å². The molecule has 7 heteroatoms. The Morgan fingerprint density at radius 1 is 1.45 bits per heavy atom. The van der Waals surface area contributed by atoms with Crippen molar-refractivity contribution in [3.63, 3.8) is 0 Å². The van der Waals surface area contributed by atoms with E-state index >= 15 is 0 Å². The molecule has 3 rings (SSSR count). The third kappa shape index (κ3) is 2.45. The van der Waals surface area contributed by atoms with Gasteiger partial charge in [-0.05, 0) is 33.4 Å². The minimum Gasteiger partial charge on any atom is -0.368 e. The van der Waals surface area contributed by atoms with Gasteiger partial charge in [0.05, 0.1) is 0 Å². The highest BCUT2D eigenvalue weighted by Crippen LogP contribution is 2.23. The molecule has 2 aromatic heterocycles. The van der Waals surface area contributed by atoms with Crippen molar-refractivity contribution in [1.29, 1.82) is 0 Å². The Morgan fingerprint density at radius 2 is 2.30 bits per heavy atom. The first-order valence-corrected chi connectivity index (χ1v) is 7.34. The molecule has 20 heavy (non-hydrogen) atoms. The molecule has 2 aromatic rings. The van der Waals surface area contributed by atoms with Gasteiger partial charge < -0.3 is 10.2 Å². The Hall–Kier alpha value is -1.40. The molecule has 0 bridgehead atoms. The van der Waals surface area contributed by atoms with Crippen molar-refractivity contribution >= 4 is 23.2 Å². The summed E-state index contributed by atoms with van der Waals surface area (Å²) in [6, 6.07) is 0.550. The predicted octanol–water partition coefficient (Wildman–Crippen LogP) is 1.98. The van der Waals surface area contributed by atoms with Gasteiger partial charge in [0.15, 0.2) is 0 Å². The van der Waals surface area contributed by atoms with E-state index in [1.54, 1.807) is 4.52 Å². The number of rotatable bonds is 3. The predicted molar refractivity (Wildman–Crippen MR) is 79.3 cm³/mol. The van der Waals surface area contributed by atoms with Crippen molar-refractivity contribution in [3.8, 4) is 0 Å². The summed E-state index contributed by atoms with van der Waals surface area (Å²) >= 11 is 6.16. The van der Waals surface area contributed by atoms with Crippen molar-refractivity contribution < 1.29 is 0 Å². The minimum absolute atomic E-state index is 0.477. The highest BCUT2D eigenvalue weighted by molar-refractivity contribution is 6.30. The molecule has 108 valence electrons. The first-order chi connectivity index (χ1) is 9.66. The number of nitrogens with one attached hydrogen (secondary N) is 1. The molecule has 0 radical (unpaired) electrons. The van der Waals surface area contributed by atoms with Gasteiger partial charge >= 0.3 is 0 Å². The van der Waals surface area contributed by atoms with Gasteiger partial charge in [-0.1, -0.05) is 18.0 Å². The van der Waals surface area contributed by atoms with Crippen LogP contribution in [-0.4, -0.2) is 50.7 Å². The quantitative estimate of drug-likeness (QED) is 0.877. The summed E-state index contributed by atoms with van der Waals surface area (Å²) < 4.78 is 1.71. The third-order valence-electron chi connectivity index (χ3n) is 4.03. The first kappa shape index (κ1) is 13.6. The second-order valence-corrected chi connectivity index (χ2v) is 5.72. The Labute approximate surface area is 123 Å². The minimum atomic E-state index is 0.477. The molecule has 0 aromatic carbocycles. The fraction of sp³-hybridized carbons (Fsp3) is 0.615. The maximum absolute atomic E-state index is 6.16. The van der Waals surface area contributed by atoms with Crippen LogP contribution in [0.3, 0.4) is 0 Å². The Bertz CT molecular complexity index is 610. The standard InChI is InChI=1S/C13H19ClN6/c1-9-11(14)18-13-16-8-17-20(13)12(9)15-7-10-5-3-4-6-19(10)2/h8,10,15H,3-7H2,1-2H3. The van der Waals surface area contributed by atoms with Crippen LogP contribution in [0.4, 0.5) is 5.82 Å². The van der Waals surface area contributed by atoms with Gasteiger partial charge in [0.1, 0.15) is 17.3 Å². The Morgan fingerprint density at radius 3 is 3.10 bits per heavy atom. The lowest BCUT2D eigenvalue weighted by Crippen LogP contribution is -2.41. The van der Waals surface area contributed by atoms with E-state index in [0.29, 0.717) is 17.0 Å². The van der Waals surface area contributed by atoms with Crippen LogP contribution in [0.25, 0.3) is 5.78 Å². The Balaban J connectivity index is 1.83. The summed E-state index contributed by atoms with van der Waals surface area (Å²) in [4.78, 5) is 10.7. The van der Waals surface area contributed by atoms with Gasteiger partial charge in [0, 0.05) is 18.2 Å². The third-order valence-corrected chi connectivity index (χ3v) is 4.40. The molecular formula is C13H19ClN6. The van der Waals surface area contributed by atoms with Crippen LogP contribution in [0.1, 0.15) is 24.8 Å². The molecule has 1 aliphatic rings. The fourth-order valence-electron chi connectivity index (χ4n) is 2.72. The molecule has 1 atom stereocenters. The van der Waals surface area contributed by atoms with Crippen LogP contribution in [-0.2, 0) is 0 Å². The van der Waals surface area contributed by atoms with Crippen molar-refractivity contribution in [2.45, 2.75) is 32.2 Å². The van der Waals surface area contributed by atoms with Crippen LogP contribution < -0.4 is 5.32 Å². The highest BCUT2D eigenvalue weighted by atomic mass is 35.5. The average Bonchev–Trinajstić information content (AvgIpc) is 2.89. The lowest BCUT2D eigenvalue weighted by atomic mass is 10.0. The smallest absolute Gasteiger partial charge is 0.255 e. The van der Waals surface area contributed by atoms with E-state index in [4.69, 9.17) is 11.6 Å². The number of fused-ring (bicyclic) bond motifs is 1. The second-order valence-electron chi connectivity index (χ2n) is 5.36. The lowest BCUT2D eigenvalue weighted by molar-refractivity contribution is 0.194. The molecule has 1 saturated heterocycles. The van der Waals surface area contributed by atoms with Crippen molar-refractivity contribution in [2.75, 3.05) is 25.5 Å². The number of likely N-dealkylation sites (N-methyl/N-ethyl adjacent to an activating group) is 1. The summed E-state index contributed by atoms with van der Waals surface area (Å²) in [5, 5.41) is 8.17. The van der Waals surface area contributed by atoms with Crippen LogP contribution >= 0.6 is 11.6 Å². The molecule has 0 amide bonds. The van der Waals surface area contributed by atoms with Gasteiger partial charge in [-0.15, -0.1) is 0 Å². The first-order valence-electron chi connectivity index (χ1n) is 6.97. The maximum atomic E-state index is 6.16. The van der Waals surface area contributed by atoms with Crippen LogP contribution in [0.15, 0.2) is 6.33 Å². The zero-order valence-corrected chi connectivity index (χ0v) is 12.6. The lowest BCUT2D eigenvalue weighted by Gasteiger charge is -2.32.